The molecule has 0 saturated carbocycles. The van der Waals surface area contributed by atoms with Gasteiger partial charge in [-0.1, -0.05) is 0 Å². The summed E-state index contributed by atoms with van der Waals surface area (Å²) in [6.07, 6.45) is 0.815. The normalized spacial score (nSPS) is 10.4. The van der Waals surface area contributed by atoms with Gasteiger partial charge in [0.25, 0.3) is 5.91 Å². The predicted octanol–water partition coefficient (Wildman–Crippen LogP) is 1.15. The van der Waals surface area contributed by atoms with Crippen molar-refractivity contribution in [3.8, 4) is 0 Å². The van der Waals surface area contributed by atoms with E-state index in [1.807, 2.05) is 24.6 Å². The highest BCUT2D eigenvalue weighted by Gasteiger charge is 2.07. The summed E-state index contributed by atoms with van der Waals surface area (Å²) in [4.78, 5) is 11.9. The fraction of sp³-hybridized carbons (Fsp3) is 0.429. The van der Waals surface area contributed by atoms with Gasteiger partial charge in [-0.05, 0) is 38.5 Å². The number of nitrogens with zero attached hydrogens (tertiary/aromatic N) is 4. The van der Waals surface area contributed by atoms with Crippen LogP contribution in [0.4, 0.5) is 5.82 Å². The zero-order valence-electron chi connectivity index (χ0n) is 12.6. The number of aromatic nitrogens is 4. The maximum atomic E-state index is 11.9. The SMILES string of the molecule is CNc1ccc(C(=O)NCCCn2nc(C)cc2C)nn1. The first-order valence-electron chi connectivity index (χ1n) is 6.91. The molecule has 7 heteroatoms. The number of anilines is 1. The minimum Gasteiger partial charge on any atom is -0.372 e. The van der Waals surface area contributed by atoms with Crippen LogP contribution >= 0.6 is 0 Å². The molecule has 0 aromatic carbocycles. The van der Waals surface area contributed by atoms with Crippen molar-refractivity contribution in [1.29, 1.82) is 0 Å². The quantitative estimate of drug-likeness (QED) is 0.779. The maximum absolute atomic E-state index is 11.9. The highest BCUT2D eigenvalue weighted by atomic mass is 16.1. The van der Waals surface area contributed by atoms with E-state index in [0.717, 1.165) is 24.4 Å². The lowest BCUT2D eigenvalue weighted by molar-refractivity contribution is 0.0946. The van der Waals surface area contributed by atoms with Crippen molar-refractivity contribution in [1.82, 2.24) is 25.3 Å². The summed E-state index contributed by atoms with van der Waals surface area (Å²) in [7, 11) is 1.75. The van der Waals surface area contributed by atoms with E-state index < -0.39 is 0 Å². The lowest BCUT2D eigenvalue weighted by atomic mass is 10.3. The molecule has 0 bridgehead atoms. The molecule has 2 N–H and O–H groups in total. The molecular weight excluding hydrogens is 268 g/mol. The Morgan fingerprint density at radius 3 is 2.67 bits per heavy atom. The van der Waals surface area contributed by atoms with Gasteiger partial charge in [0.05, 0.1) is 5.69 Å². The Kier molecular flexibility index (Phi) is 4.86. The topological polar surface area (TPSA) is 84.7 Å². The minimum atomic E-state index is -0.210. The summed E-state index contributed by atoms with van der Waals surface area (Å²) in [6.45, 7) is 5.35. The molecule has 21 heavy (non-hydrogen) atoms. The number of hydrogen-bond acceptors (Lipinski definition) is 5. The summed E-state index contributed by atoms with van der Waals surface area (Å²) in [5.41, 5.74) is 2.46. The summed E-state index contributed by atoms with van der Waals surface area (Å²) in [6, 6.07) is 5.41. The van der Waals surface area contributed by atoms with Crippen LogP contribution < -0.4 is 10.6 Å². The molecule has 0 atom stereocenters. The van der Waals surface area contributed by atoms with Crippen molar-refractivity contribution in [2.75, 3.05) is 18.9 Å². The molecule has 1 amide bonds. The molecule has 0 fully saturated rings. The summed E-state index contributed by atoms with van der Waals surface area (Å²) in [5, 5.41) is 17.8. The van der Waals surface area contributed by atoms with Gasteiger partial charge < -0.3 is 10.6 Å². The Morgan fingerprint density at radius 1 is 1.29 bits per heavy atom. The van der Waals surface area contributed by atoms with Crippen LogP contribution in [0.2, 0.25) is 0 Å². The van der Waals surface area contributed by atoms with Gasteiger partial charge in [-0.25, -0.2) is 0 Å². The van der Waals surface area contributed by atoms with Crippen molar-refractivity contribution < 1.29 is 4.79 Å². The number of carbonyl (C=O) groups excluding carboxylic acids is 1. The highest BCUT2D eigenvalue weighted by Crippen LogP contribution is 2.03. The molecule has 0 aliphatic heterocycles. The van der Waals surface area contributed by atoms with Crippen LogP contribution in [-0.4, -0.2) is 39.5 Å². The lowest BCUT2D eigenvalue weighted by Gasteiger charge is -2.06. The smallest absolute Gasteiger partial charge is 0.271 e. The van der Waals surface area contributed by atoms with Gasteiger partial charge >= 0.3 is 0 Å². The monoisotopic (exact) mass is 288 g/mol. The summed E-state index contributed by atoms with van der Waals surface area (Å²) >= 11 is 0. The van der Waals surface area contributed by atoms with Gasteiger partial charge in [-0.2, -0.15) is 5.10 Å². The van der Waals surface area contributed by atoms with E-state index in [-0.39, 0.29) is 5.91 Å². The molecule has 0 radical (unpaired) electrons. The Hall–Kier alpha value is -2.44. The molecule has 2 rings (SSSR count). The van der Waals surface area contributed by atoms with Crippen LogP contribution in [-0.2, 0) is 6.54 Å². The molecular formula is C14H20N6O. The summed E-state index contributed by atoms with van der Waals surface area (Å²) in [5.74, 6) is 0.426. The molecule has 7 nitrogen and oxygen atoms in total. The maximum Gasteiger partial charge on any atom is 0.271 e. The van der Waals surface area contributed by atoms with Gasteiger partial charge in [0.15, 0.2) is 5.69 Å². The van der Waals surface area contributed by atoms with E-state index in [1.165, 1.54) is 0 Å². The fourth-order valence-electron chi connectivity index (χ4n) is 2.01. The van der Waals surface area contributed by atoms with Gasteiger partial charge in [0.1, 0.15) is 5.82 Å². The van der Waals surface area contributed by atoms with Crippen LogP contribution in [0.1, 0.15) is 28.3 Å². The molecule has 112 valence electrons. The third-order valence-corrected chi connectivity index (χ3v) is 3.09. The third-order valence-electron chi connectivity index (χ3n) is 3.09. The van der Waals surface area contributed by atoms with Gasteiger partial charge in [0, 0.05) is 25.8 Å². The average Bonchev–Trinajstić information content (AvgIpc) is 2.81. The zero-order valence-corrected chi connectivity index (χ0v) is 12.6. The largest absolute Gasteiger partial charge is 0.372 e. The number of carbonyl (C=O) groups is 1. The van der Waals surface area contributed by atoms with Crippen molar-refractivity contribution in [3.05, 3.63) is 35.3 Å². The summed E-state index contributed by atoms with van der Waals surface area (Å²) < 4.78 is 1.95. The Bertz CT molecular complexity index is 604. The van der Waals surface area contributed by atoms with Crippen molar-refractivity contribution in [3.63, 3.8) is 0 Å². The number of amides is 1. The lowest BCUT2D eigenvalue weighted by Crippen LogP contribution is -2.26. The average molecular weight is 288 g/mol. The molecule has 0 saturated heterocycles. The standard InChI is InChI=1S/C14H20N6O/c1-10-9-11(2)20(19-10)8-4-7-16-14(21)12-5-6-13(15-3)18-17-12/h5-6,9H,4,7-8H2,1-3H3,(H,15,18)(H,16,21). The van der Waals surface area contributed by atoms with Gasteiger partial charge in [0.2, 0.25) is 0 Å². The Morgan fingerprint density at radius 2 is 2.10 bits per heavy atom. The molecule has 2 aromatic heterocycles. The van der Waals surface area contributed by atoms with E-state index in [2.05, 4.69) is 25.9 Å². The third kappa shape index (κ3) is 4.01. The molecule has 0 aliphatic rings. The Balaban J connectivity index is 1.77. The van der Waals surface area contributed by atoms with Gasteiger partial charge in [-0.15, -0.1) is 10.2 Å². The number of nitrogens with one attached hydrogen (secondary N) is 2. The minimum absolute atomic E-state index is 0.210. The number of aryl methyl sites for hydroxylation is 3. The highest BCUT2D eigenvalue weighted by molar-refractivity contribution is 5.92. The molecule has 2 aromatic rings. The Labute approximate surface area is 123 Å². The van der Waals surface area contributed by atoms with E-state index in [4.69, 9.17) is 0 Å². The van der Waals surface area contributed by atoms with E-state index in [1.54, 1.807) is 19.2 Å². The van der Waals surface area contributed by atoms with Gasteiger partial charge in [-0.3, -0.25) is 9.48 Å². The van der Waals surface area contributed by atoms with Crippen LogP contribution in [0.25, 0.3) is 0 Å². The second-order valence-corrected chi connectivity index (χ2v) is 4.81. The van der Waals surface area contributed by atoms with E-state index >= 15 is 0 Å². The molecule has 0 spiro atoms. The van der Waals surface area contributed by atoms with Crippen molar-refractivity contribution in [2.45, 2.75) is 26.8 Å². The van der Waals surface area contributed by atoms with Crippen LogP contribution in [0.3, 0.4) is 0 Å². The second kappa shape index (κ2) is 6.83. The van der Waals surface area contributed by atoms with Crippen molar-refractivity contribution >= 4 is 11.7 Å². The van der Waals surface area contributed by atoms with E-state index in [0.29, 0.717) is 18.1 Å². The number of hydrogen-bond donors (Lipinski definition) is 2. The number of rotatable bonds is 6. The van der Waals surface area contributed by atoms with Crippen LogP contribution in [0.15, 0.2) is 18.2 Å². The first-order valence-corrected chi connectivity index (χ1v) is 6.91. The molecule has 2 heterocycles. The predicted molar refractivity (Wildman–Crippen MR) is 80.2 cm³/mol. The second-order valence-electron chi connectivity index (χ2n) is 4.81. The van der Waals surface area contributed by atoms with Crippen LogP contribution in [0.5, 0.6) is 0 Å². The molecule has 0 unspecified atom stereocenters. The first kappa shape index (κ1) is 15.0. The van der Waals surface area contributed by atoms with E-state index in [9.17, 15) is 4.79 Å². The first-order chi connectivity index (χ1) is 10.1. The zero-order chi connectivity index (χ0) is 15.2. The molecule has 0 aliphatic carbocycles. The van der Waals surface area contributed by atoms with Crippen molar-refractivity contribution in [2.24, 2.45) is 0 Å². The fourth-order valence-corrected chi connectivity index (χ4v) is 2.01. The van der Waals surface area contributed by atoms with Crippen LogP contribution in [0, 0.1) is 13.8 Å².